The van der Waals surface area contributed by atoms with Crippen molar-refractivity contribution >= 4 is 54.9 Å². The maximum atomic E-state index is 12.8. The Hall–Kier alpha value is -2.21. The largest absolute Gasteiger partial charge is 0.456 e. The lowest BCUT2D eigenvalue weighted by Crippen LogP contribution is -2.59. The first-order valence-electron chi connectivity index (χ1n) is 10.8. The zero-order chi connectivity index (χ0) is 25.1. The van der Waals surface area contributed by atoms with Gasteiger partial charge in [-0.15, -0.1) is 0 Å². The molecule has 1 heterocycles. The van der Waals surface area contributed by atoms with Gasteiger partial charge in [-0.2, -0.15) is 25.3 Å². The molecule has 0 bridgehead atoms. The molecule has 1 rings (SSSR count). The third-order valence-electron chi connectivity index (χ3n) is 4.85. The van der Waals surface area contributed by atoms with Gasteiger partial charge in [0.1, 0.15) is 30.3 Å². The number of rotatable bonds is 5. The smallest absolute Gasteiger partial charge is 0.328 e. The van der Waals surface area contributed by atoms with Crippen LogP contribution in [0.15, 0.2) is 12.2 Å². The number of nitrogens with one attached hydrogen (secondary N) is 4. The summed E-state index contributed by atoms with van der Waals surface area (Å²) in [5, 5.41) is 10.2. The number of allylic oxidation sites excluding steroid dienone is 1. The number of thiol groups is 2. The second-order valence-corrected chi connectivity index (χ2v) is 8.93. The minimum Gasteiger partial charge on any atom is -0.456 e. The molecule has 5 atom stereocenters. The molecule has 0 radical (unpaired) electrons. The van der Waals surface area contributed by atoms with Crippen molar-refractivity contribution in [1.82, 2.24) is 21.3 Å². The van der Waals surface area contributed by atoms with Crippen LogP contribution in [0.1, 0.15) is 40.5 Å². The van der Waals surface area contributed by atoms with Crippen LogP contribution in [0.5, 0.6) is 0 Å². The van der Waals surface area contributed by atoms with Crippen LogP contribution in [0.2, 0.25) is 0 Å². The molecule has 4 N–H and O–H groups in total. The molecule has 1 aliphatic rings. The maximum Gasteiger partial charge on any atom is 0.328 e. The van der Waals surface area contributed by atoms with Gasteiger partial charge in [0.2, 0.25) is 23.6 Å². The number of cyclic esters (lactones) is 1. The van der Waals surface area contributed by atoms with Gasteiger partial charge in [-0.05, 0) is 38.0 Å². The molecule has 10 nitrogen and oxygen atoms in total. The molecular formula is C21H34N4O6S2. The van der Waals surface area contributed by atoms with E-state index in [-0.39, 0.29) is 18.1 Å². The van der Waals surface area contributed by atoms with E-state index >= 15 is 0 Å². The van der Waals surface area contributed by atoms with Gasteiger partial charge in [0, 0.05) is 5.75 Å². The monoisotopic (exact) mass is 502 g/mol. The number of hydrogen-bond donors (Lipinski definition) is 6. The lowest BCUT2D eigenvalue weighted by Gasteiger charge is -2.27. The van der Waals surface area contributed by atoms with Gasteiger partial charge < -0.3 is 26.0 Å². The number of carbonyl (C=O) groups is 5. The first-order chi connectivity index (χ1) is 15.5. The Balaban J connectivity index is 3.22. The first-order valence-corrected chi connectivity index (χ1v) is 12.1. The van der Waals surface area contributed by atoms with Crippen LogP contribution < -0.4 is 21.3 Å². The molecule has 12 heteroatoms. The fraction of sp³-hybridized carbons (Fsp3) is 0.667. The summed E-state index contributed by atoms with van der Waals surface area (Å²) in [6.45, 7) is 6.39. The highest BCUT2D eigenvalue weighted by Crippen LogP contribution is 2.08. The van der Waals surface area contributed by atoms with Crippen molar-refractivity contribution in [3.8, 4) is 0 Å². The average molecular weight is 503 g/mol. The summed E-state index contributed by atoms with van der Waals surface area (Å²) in [5.74, 6) is -2.80. The quantitative estimate of drug-likeness (QED) is 0.174. The molecule has 33 heavy (non-hydrogen) atoms. The summed E-state index contributed by atoms with van der Waals surface area (Å²) in [6, 6.07) is -3.96. The summed E-state index contributed by atoms with van der Waals surface area (Å²) in [5.41, 5.74) is 0. The van der Waals surface area contributed by atoms with Crippen molar-refractivity contribution < 1.29 is 28.7 Å². The van der Waals surface area contributed by atoms with Crippen molar-refractivity contribution in [3.05, 3.63) is 12.2 Å². The van der Waals surface area contributed by atoms with Crippen LogP contribution in [0.25, 0.3) is 0 Å². The van der Waals surface area contributed by atoms with Gasteiger partial charge in [0.15, 0.2) is 0 Å². The van der Waals surface area contributed by atoms with E-state index in [9.17, 15) is 24.0 Å². The molecule has 0 aromatic heterocycles. The van der Waals surface area contributed by atoms with Crippen LogP contribution in [-0.2, 0) is 28.7 Å². The molecule has 4 amide bonds. The number of hydrogen-bond acceptors (Lipinski definition) is 8. The standard InChI is InChI=1S/C21H34N4O6S2/c1-11(2)17-20(29)23-13(4)21(30)31-14(7-5-6-8-32)9-16(26)22-12(3)18(27)24-15(10-33)19(28)25-17/h5,7,11-15,17,32-33H,6,8-10H2,1-4H3,(H,22,26)(H,23,29)(H,24,27)(H,25,28)/t12-,13-,14-,15-,17-/m1/s1. The average Bonchev–Trinajstić information content (AvgIpc) is 2.74. The second kappa shape index (κ2) is 14.1. The van der Waals surface area contributed by atoms with Gasteiger partial charge in [0.05, 0.1) is 6.42 Å². The van der Waals surface area contributed by atoms with E-state index < -0.39 is 59.9 Å². The predicted molar refractivity (Wildman–Crippen MR) is 130 cm³/mol. The summed E-state index contributed by atoms with van der Waals surface area (Å²) in [6.07, 6.45) is 2.79. The molecule has 0 aromatic rings. The van der Waals surface area contributed by atoms with Gasteiger partial charge >= 0.3 is 5.97 Å². The van der Waals surface area contributed by atoms with Gasteiger partial charge in [-0.25, -0.2) is 4.79 Å². The highest BCUT2D eigenvalue weighted by atomic mass is 32.1. The van der Waals surface area contributed by atoms with E-state index in [1.165, 1.54) is 13.8 Å². The maximum absolute atomic E-state index is 12.8. The number of esters is 1. The molecule has 1 saturated heterocycles. The van der Waals surface area contributed by atoms with E-state index in [0.717, 1.165) is 0 Å². The highest BCUT2D eigenvalue weighted by Gasteiger charge is 2.32. The third-order valence-corrected chi connectivity index (χ3v) is 5.47. The van der Waals surface area contributed by atoms with Crippen LogP contribution >= 0.6 is 25.3 Å². The summed E-state index contributed by atoms with van der Waals surface area (Å²) in [7, 11) is 0. The number of ether oxygens (including phenoxy) is 1. The molecular weight excluding hydrogens is 468 g/mol. The van der Waals surface area contributed by atoms with E-state index in [1.807, 2.05) is 0 Å². The van der Waals surface area contributed by atoms with E-state index in [0.29, 0.717) is 12.2 Å². The minimum atomic E-state index is -1.03. The van der Waals surface area contributed by atoms with Crippen molar-refractivity contribution in [2.24, 2.45) is 5.92 Å². The van der Waals surface area contributed by atoms with Crippen LogP contribution in [0.3, 0.4) is 0 Å². The summed E-state index contributed by atoms with van der Waals surface area (Å²) >= 11 is 8.24. The molecule has 0 spiro atoms. The molecule has 1 aliphatic heterocycles. The summed E-state index contributed by atoms with van der Waals surface area (Å²) < 4.78 is 5.42. The van der Waals surface area contributed by atoms with Crippen molar-refractivity contribution in [1.29, 1.82) is 0 Å². The topological polar surface area (TPSA) is 143 Å². The number of carbonyl (C=O) groups excluding carboxylic acids is 5. The Kier molecular flexibility index (Phi) is 12.3. The lowest BCUT2D eigenvalue weighted by molar-refractivity contribution is -0.152. The third kappa shape index (κ3) is 9.66. The van der Waals surface area contributed by atoms with Gasteiger partial charge in [0.25, 0.3) is 0 Å². The van der Waals surface area contributed by atoms with Gasteiger partial charge in [-0.3, -0.25) is 19.2 Å². The lowest BCUT2D eigenvalue weighted by atomic mass is 10.0. The molecule has 0 aromatic carbocycles. The Bertz CT molecular complexity index is 761. The second-order valence-electron chi connectivity index (χ2n) is 8.11. The summed E-state index contributed by atoms with van der Waals surface area (Å²) in [4.78, 5) is 63.0. The molecule has 1 fully saturated rings. The number of amides is 4. The van der Waals surface area contributed by atoms with Crippen molar-refractivity contribution in [3.63, 3.8) is 0 Å². The molecule has 0 aliphatic carbocycles. The highest BCUT2D eigenvalue weighted by molar-refractivity contribution is 7.80. The minimum absolute atomic E-state index is 0.0224. The van der Waals surface area contributed by atoms with E-state index in [1.54, 1.807) is 26.0 Å². The Labute approximate surface area is 205 Å². The van der Waals surface area contributed by atoms with Crippen LogP contribution in [-0.4, -0.2) is 71.4 Å². The molecule has 0 saturated carbocycles. The van der Waals surface area contributed by atoms with Crippen molar-refractivity contribution in [2.45, 2.75) is 70.8 Å². The van der Waals surface area contributed by atoms with E-state index in [2.05, 4.69) is 46.5 Å². The predicted octanol–water partition coefficient (Wildman–Crippen LogP) is -0.257. The first kappa shape index (κ1) is 28.8. The SMILES string of the molecule is CC(C)[C@H]1NC(=O)[C@@H](CS)NC(=O)[C@@H](C)NC(=O)C[C@@H](C=CCCS)OC(=O)[C@@H](C)NC1=O. The molecule has 0 unspecified atom stereocenters. The van der Waals surface area contributed by atoms with Gasteiger partial charge in [-0.1, -0.05) is 19.9 Å². The van der Waals surface area contributed by atoms with Crippen LogP contribution in [0.4, 0.5) is 0 Å². The fourth-order valence-electron chi connectivity index (χ4n) is 2.91. The zero-order valence-electron chi connectivity index (χ0n) is 19.3. The molecule has 186 valence electrons. The Morgan fingerprint density at radius 3 is 2.18 bits per heavy atom. The normalized spacial score (nSPS) is 28.7. The zero-order valence-corrected chi connectivity index (χ0v) is 21.1. The van der Waals surface area contributed by atoms with Crippen molar-refractivity contribution in [2.75, 3.05) is 11.5 Å². The Morgan fingerprint density at radius 1 is 0.939 bits per heavy atom. The van der Waals surface area contributed by atoms with Crippen LogP contribution in [0, 0.1) is 5.92 Å². The van der Waals surface area contributed by atoms with E-state index in [4.69, 9.17) is 4.74 Å². The fourth-order valence-corrected chi connectivity index (χ4v) is 3.32. The Morgan fingerprint density at radius 2 is 1.61 bits per heavy atom.